The fraction of sp³-hybridized carbons (Fsp3) is 0.250. The molecule has 0 aliphatic heterocycles. The predicted molar refractivity (Wildman–Crippen MR) is 105 cm³/mol. The van der Waals surface area contributed by atoms with Crippen LogP contribution in [0.5, 0.6) is 0 Å². The largest absolute Gasteiger partial charge is 0.455 e. The van der Waals surface area contributed by atoms with E-state index in [-0.39, 0.29) is 24.2 Å². The van der Waals surface area contributed by atoms with Crippen LogP contribution < -0.4 is 10.2 Å². The molecule has 9 nitrogen and oxygen atoms in total. The number of halogens is 1. The Morgan fingerprint density at radius 2 is 1.73 bits per heavy atom. The number of anilines is 1. The van der Waals surface area contributed by atoms with Gasteiger partial charge in [-0.2, -0.15) is 0 Å². The molecule has 0 radical (unpaired) electrons. The number of benzene rings is 2. The molecule has 158 valence electrons. The summed E-state index contributed by atoms with van der Waals surface area (Å²) in [7, 11) is 0. The molecule has 0 fully saturated rings. The molecule has 0 atom stereocenters. The zero-order valence-electron chi connectivity index (χ0n) is 16.2. The van der Waals surface area contributed by atoms with Gasteiger partial charge >= 0.3 is 5.97 Å². The van der Waals surface area contributed by atoms with Gasteiger partial charge in [0.05, 0.1) is 11.3 Å². The molecule has 0 aliphatic carbocycles. The average Bonchev–Trinajstić information content (AvgIpc) is 2.74. The molecule has 1 N–H and O–H groups in total. The number of carbonyl (C=O) groups is 3. The third kappa shape index (κ3) is 6.36. The number of non-ortho nitro benzene ring substituents is 1. The van der Waals surface area contributed by atoms with Crippen molar-refractivity contribution in [1.82, 2.24) is 5.32 Å². The maximum absolute atomic E-state index is 13.0. The summed E-state index contributed by atoms with van der Waals surface area (Å²) in [5.41, 5.74) is 0.555. The Morgan fingerprint density at radius 3 is 2.30 bits per heavy atom. The molecule has 0 saturated carbocycles. The first-order chi connectivity index (χ1) is 14.3. The first-order valence-electron chi connectivity index (χ1n) is 9.06. The Balaban J connectivity index is 1.76. The lowest BCUT2D eigenvalue weighted by atomic mass is 10.2. The van der Waals surface area contributed by atoms with Crippen molar-refractivity contribution in [3.63, 3.8) is 0 Å². The molecule has 2 aromatic rings. The van der Waals surface area contributed by atoms with Crippen molar-refractivity contribution >= 4 is 29.2 Å². The summed E-state index contributed by atoms with van der Waals surface area (Å²) in [6, 6.07) is 10.4. The normalized spacial score (nSPS) is 10.2. The minimum Gasteiger partial charge on any atom is -0.455 e. The van der Waals surface area contributed by atoms with E-state index in [4.69, 9.17) is 4.74 Å². The second-order valence-electron chi connectivity index (χ2n) is 6.08. The van der Waals surface area contributed by atoms with Crippen LogP contribution in [-0.2, 0) is 14.3 Å². The Labute approximate surface area is 171 Å². The van der Waals surface area contributed by atoms with Crippen molar-refractivity contribution in [2.24, 2.45) is 0 Å². The third-order valence-corrected chi connectivity index (χ3v) is 4.07. The molecule has 2 amide bonds. The summed E-state index contributed by atoms with van der Waals surface area (Å²) in [5, 5.41) is 13.1. The van der Waals surface area contributed by atoms with E-state index < -0.39 is 35.1 Å². The number of hydrogen-bond acceptors (Lipinski definition) is 6. The van der Waals surface area contributed by atoms with Gasteiger partial charge in [0.1, 0.15) is 5.82 Å². The molecule has 30 heavy (non-hydrogen) atoms. The number of hydrogen-bond donors (Lipinski definition) is 1. The van der Waals surface area contributed by atoms with Crippen molar-refractivity contribution < 1.29 is 28.4 Å². The summed E-state index contributed by atoms with van der Waals surface area (Å²) >= 11 is 0. The zero-order valence-corrected chi connectivity index (χ0v) is 16.2. The summed E-state index contributed by atoms with van der Waals surface area (Å²) < 4.78 is 17.9. The van der Waals surface area contributed by atoms with Crippen molar-refractivity contribution in [2.75, 3.05) is 24.6 Å². The summed E-state index contributed by atoms with van der Waals surface area (Å²) in [4.78, 5) is 47.4. The number of rotatable bonds is 9. The topological polar surface area (TPSA) is 119 Å². The maximum atomic E-state index is 13.0. The van der Waals surface area contributed by atoms with E-state index >= 15 is 0 Å². The summed E-state index contributed by atoms with van der Waals surface area (Å²) in [6.45, 7) is 1.53. The van der Waals surface area contributed by atoms with Crippen LogP contribution in [0.4, 0.5) is 15.8 Å². The molecule has 0 aliphatic rings. The number of ether oxygens (including phenoxy) is 1. The monoisotopic (exact) mass is 417 g/mol. The molecular formula is C20H20FN3O6. The lowest BCUT2D eigenvalue weighted by Crippen LogP contribution is -2.35. The van der Waals surface area contributed by atoms with E-state index in [0.29, 0.717) is 12.2 Å². The quantitative estimate of drug-likeness (QED) is 0.380. The first-order valence-corrected chi connectivity index (χ1v) is 9.06. The van der Waals surface area contributed by atoms with E-state index in [2.05, 4.69) is 5.32 Å². The Bertz CT molecular complexity index is 915. The number of amides is 2. The van der Waals surface area contributed by atoms with Crippen molar-refractivity contribution in [1.29, 1.82) is 0 Å². The maximum Gasteiger partial charge on any atom is 0.308 e. The number of nitrogens with one attached hydrogen (secondary N) is 1. The van der Waals surface area contributed by atoms with Gasteiger partial charge < -0.3 is 15.0 Å². The zero-order chi connectivity index (χ0) is 22.1. The molecule has 0 saturated heterocycles. The standard InChI is InChI=1S/C20H20FN3O6/c1-2-23(16-9-5-15(21)6-10-16)18(25)13-30-19(26)11-12-22-20(27)14-3-7-17(8-4-14)24(28)29/h3-10H,2,11-13H2,1H3,(H,22,27). The van der Waals surface area contributed by atoms with Gasteiger partial charge in [-0.15, -0.1) is 0 Å². The van der Waals surface area contributed by atoms with Crippen LogP contribution in [-0.4, -0.2) is 42.4 Å². The van der Waals surface area contributed by atoms with Gasteiger partial charge in [0, 0.05) is 36.5 Å². The Kier molecular flexibility index (Phi) is 7.98. The second kappa shape index (κ2) is 10.6. The fourth-order valence-electron chi connectivity index (χ4n) is 2.53. The fourth-order valence-corrected chi connectivity index (χ4v) is 2.53. The van der Waals surface area contributed by atoms with Crippen molar-refractivity contribution in [3.8, 4) is 0 Å². The van der Waals surface area contributed by atoms with Crippen LogP contribution in [0.15, 0.2) is 48.5 Å². The highest BCUT2D eigenvalue weighted by Gasteiger charge is 2.16. The predicted octanol–water partition coefficient (Wildman–Crippen LogP) is 2.45. The van der Waals surface area contributed by atoms with Gasteiger partial charge in [-0.05, 0) is 43.3 Å². The van der Waals surface area contributed by atoms with Gasteiger partial charge in [-0.25, -0.2) is 4.39 Å². The van der Waals surface area contributed by atoms with E-state index in [1.54, 1.807) is 6.92 Å². The molecule has 0 unspecified atom stereocenters. The van der Waals surface area contributed by atoms with Crippen LogP contribution in [0.1, 0.15) is 23.7 Å². The van der Waals surface area contributed by atoms with Gasteiger partial charge in [-0.3, -0.25) is 24.5 Å². The van der Waals surface area contributed by atoms with E-state index in [1.165, 1.54) is 53.4 Å². The number of nitro benzene ring substituents is 1. The highest BCUT2D eigenvalue weighted by Crippen LogP contribution is 2.15. The molecule has 0 spiro atoms. The van der Waals surface area contributed by atoms with Gasteiger partial charge in [0.25, 0.3) is 17.5 Å². The number of nitro groups is 1. The lowest BCUT2D eigenvalue weighted by molar-refractivity contribution is -0.384. The minimum atomic E-state index is -0.678. The van der Waals surface area contributed by atoms with Gasteiger partial charge in [0.2, 0.25) is 0 Å². The molecule has 2 aromatic carbocycles. The van der Waals surface area contributed by atoms with Crippen LogP contribution in [0.25, 0.3) is 0 Å². The van der Waals surface area contributed by atoms with E-state index in [1.807, 2.05) is 0 Å². The highest BCUT2D eigenvalue weighted by atomic mass is 19.1. The first kappa shape index (κ1) is 22.5. The van der Waals surface area contributed by atoms with Gasteiger partial charge in [-0.1, -0.05) is 0 Å². The molecule has 10 heteroatoms. The average molecular weight is 417 g/mol. The van der Waals surface area contributed by atoms with Crippen LogP contribution in [0.2, 0.25) is 0 Å². The summed E-state index contributed by atoms with van der Waals surface area (Å²) in [5.74, 6) is -2.07. The van der Waals surface area contributed by atoms with Crippen molar-refractivity contribution in [3.05, 3.63) is 70.0 Å². The molecule has 0 heterocycles. The Morgan fingerprint density at radius 1 is 1.10 bits per heavy atom. The molecular weight excluding hydrogens is 397 g/mol. The highest BCUT2D eigenvalue weighted by molar-refractivity contribution is 5.95. The van der Waals surface area contributed by atoms with Crippen molar-refractivity contribution in [2.45, 2.75) is 13.3 Å². The van der Waals surface area contributed by atoms with E-state index in [9.17, 15) is 28.9 Å². The number of likely N-dealkylation sites (N-methyl/N-ethyl adjacent to an activating group) is 1. The van der Waals surface area contributed by atoms with E-state index in [0.717, 1.165) is 0 Å². The molecule has 0 aromatic heterocycles. The second-order valence-corrected chi connectivity index (χ2v) is 6.08. The molecule has 0 bridgehead atoms. The third-order valence-electron chi connectivity index (χ3n) is 4.07. The lowest BCUT2D eigenvalue weighted by Gasteiger charge is -2.20. The van der Waals surface area contributed by atoms with Gasteiger partial charge in [0.15, 0.2) is 6.61 Å². The SMILES string of the molecule is CCN(C(=O)COC(=O)CCNC(=O)c1ccc([N+](=O)[O-])cc1)c1ccc(F)cc1. The van der Waals surface area contributed by atoms with Crippen LogP contribution >= 0.6 is 0 Å². The number of esters is 1. The summed E-state index contributed by atoms with van der Waals surface area (Å²) in [6.07, 6.45) is -0.158. The smallest absolute Gasteiger partial charge is 0.308 e. The Hall–Kier alpha value is -3.82. The number of carbonyl (C=O) groups excluding carboxylic acids is 3. The minimum absolute atomic E-state index is 0.0295. The number of nitrogens with zero attached hydrogens (tertiary/aromatic N) is 2. The van der Waals surface area contributed by atoms with Crippen LogP contribution in [0, 0.1) is 15.9 Å². The molecule has 2 rings (SSSR count). The van der Waals surface area contributed by atoms with Crippen LogP contribution in [0.3, 0.4) is 0 Å².